The second kappa shape index (κ2) is 11.3. The minimum absolute atomic E-state index is 0. The molecular formula is C31H35IrNO2. The van der Waals surface area contributed by atoms with Gasteiger partial charge in [0.1, 0.15) is 5.76 Å². The van der Waals surface area contributed by atoms with Gasteiger partial charge in [-0.1, -0.05) is 64.1 Å². The number of fused-ring (bicyclic) bond motifs is 3. The molecule has 0 spiro atoms. The molecule has 35 heavy (non-hydrogen) atoms. The zero-order valence-electron chi connectivity index (χ0n) is 21.6. The number of aliphatic hydroxyl groups excluding tert-OH is 1. The Morgan fingerprint density at radius 1 is 0.857 bits per heavy atom. The van der Waals surface area contributed by atoms with Crippen molar-refractivity contribution in [2.75, 3.05) is 0 Å². The number of carbonyl (C=O) groups excluding carboxylic acids is 1. The van der Waals surface area contributed by atoms with E-state index in [9.17, 15) is 9.90 Å². The molecule has 4 rings (SSSR count). The first-order chi connectivity index (χ1) is 15.9. The number of aryl methyl sites for hydroxylation is 1. The van der Waals surface area contributed by atoms with E-state index in [4.69, 9.17) is 0 Å². The third kappa shape index (κ3) is 7.10. The van der Waals surface area contributed by atoms with E-state index in [1.807, 2.05) is 53.8 Å². The average molecular weight is 646 g/mol. The molecule has 185 valence electrons. The van der Waals surface area contributed by atoms with Crippen LogP contribution in [0.2, 0.25) is 0 Å². The zero-order chi connectivity index (χ0) is 25.1. The molecule has 0 amide bonds. The van der Waals surface area contributed by atoms with Gasteiger partial charge in [-0.05, 0) is 54.1 Å². The quantitative estimate of drug-likeness (QED) is 0.0785. The average Bonchev–Trinajstić information content (AvgIpc) is 2.78. The molecule has 0 aliphatic heterocycles. The maximum absolute atomic E-state index is 9.60. The first-order valence-electron chi connectivity index (χ1n) is 11.6. The number of hydrogen-bond acceptors (Lipinski definition) is 2. The van der Waals surface area contributed by atoms with Gasteiger partial charge < -0.3 is 10.1 Å². The Bertz CT molecular complexity index is 1340. The number of pyridine rings is 1. The first kappa shape index (κ1) is 28.4. The molecule has 0 bridgehead atoms. The van der Waals surface area contributed by atoms with Crippen LogP contribution in [0, 0.1) is 23.8 Å². The summed E-state index contributed by atoms with van der Waals surface area (Å²) in [4.78, 5) is 14.2. The Balaban J connectivity index is 0.000000271. The van der Waals surface area contributed by atoms with Crippen LogP contribution in [0.5, 0.6) is 0 Å². The van der Waals surface area contributed by atoms with E-state index in [2.05, 4.69) is 72.6 Å². The molecule has 0 saturated heterocycles. The number of ketones is 1. The van der Waals surface area contributed by atoms with Crippen molar-refractivity contribution in [2.45, 2.75) is 48.5 Å². The van der Waals surface area contributed by atoms with Crippen LogP contribution < -0.4 is 0 Å². The number of allylic oxidation sites excluding steroid dienone is 2. The minimum atomic E-state index is -0.306. The van der Waals surface area contributed by atoms with Crippen molar-refractivity contribution in [1.29, 1.82) is 0 Å². The smallest absolute Gasteiger partial charge is 0.325 e. The van der Waals surface area contributed by atoms with Crippen molar-refractivity contribution in [1.82, 2.24) is 4.98 Å². The van der Waals surface area contributed by atoms with Crippen molar-refractivity contribution < 1.29 is 30.0 Å². The Hall–Kier alpha value is -2.81. The third-order valence-electron chi connectivity index (χ3n) is 5.70. The number of hydrogen-bond donors (Lipinski definition) is 1. The molecule has 0 fully saturated rings. The molecule has 0 unspecified atom stereocenters. The second-order valence-corrected chi connectivity index (χ2v) is 10.7. The predicted octanol–water partition coefficient (Wildman–Crippen LogP) is 8.23. The summed E-state index contributed by atoms with van der Waals surface area (Å²) in [6, 6.07) is 24.4. The van der Waals surface area contributed by atoms with Crippen LogP contribution in [0.25, 0.3) is 32.8 Å². The van der Waals surface area contributed by atoms with Crippen molar-refractivity contribution in [3.63, 3.8) is 0 Å². The first-order valence-corrected chi connectivity index (χ1v) is 11.6. The molecule has 3 nitrogen and oxygen atoms in total. The zero-order valence-corrected chi connectivity index (χ0v) is 24.0. The van der Waals surface area contributed by atoms with Crippen molar-refractivity contribution in [3.05, 3.63) is 90.3 Å². The topological polar surface area (TPSA) is 54.5 Å². The van der Waals surface area contributed by atoms with Crippen LogP contribution in [-0.2, 0) is 20.1 Å². The van der Waals surface area contributed by atoms with Crippen molar-refractivity contribution in [2.24, 2.45) is 10.8 Å². The monoisotopic (exact) mass is 646 g/mol. The SMILES string of the molecule is CC(C)(C)C(=[OH+])/C=C(\O)C(C)(C)C.Cc1c[c-]c(-c2nccc3c2ccc2ccccc23)cc1.[Ir]. The number of nitrogens with zero attached hydrogens (tertiary/aromatic N) is 1. The second-order valence-electron chi connectivity index (χ2n) is 10.7. The van der Waals surface area contributed by atoms with E-state index in [1.54, 1.807) is 0 Å². The molecule has 0 aliphatic carbocycles. The van der Waals surface area contributed by atoms with E-state index in [1.165, 1.54) is 33.2 Å². The van der Waals surface area contributed by atoms with Crippen LogP contribution in [0.3, 0.4) is 0 Å². The maximum Gasteiger partial charge on any atom is 0.325 e. The summed E-state index contributed by atoms with van der Waals surface area (Å²) in [5.74, 6) is 0.417. The molecule has 4 aromatic rings. The summed E-state index contributed by atoms with van der Waals surface area (Å²) >= 11 is 0. The standard InChI is InChI=1S/C20H14N.C11H20O2.Ir/c1-14-6-8-16(9-7-14)20-19-11-10-15-4-2-3-5-17(15)18(19)12-13-21-20;1-10(2,3)8(12)7-9(13)11(4,5)6;/h2-8,10-13H,1H3;7,12H,1-6H3;/q-1;;/p+1/b;8-7-;. The van der Waals surface area contributed by atoms with Gasteiger partial charge in [0.25, 0.3) is 0 Å². The van der Waals surface area contributed by atoms with E-state index < -0.39 is 0 Å². The predicted molar refractivity (Wildman–Crippen MR) is 145 cm³/mol. The Labute approximate surface area is 222 Å². The number of rotatable bonds is 2. The van der Waals surface area contributed by atoms with Gasteiger partial charge in [-0.2, -0.15) is 0 Å². The Morgan fingerprint density at radius 3 is 2.14 bits per heavy atom. The van der Waals surface area contributed by atoms with Gasteiger partial charge in [0.15, 0.2) is 0 Å². The van der Waals surface area contributed by atoms with E-state index in [-0.39, 0.29) is 42.5 Å². The third-order valence-corrected chi connectivity index (χ3v) is 5.70. The van der Waals surface area contributed by atoms with Gasteiger partial charge in [0.05, 0.1) is 11.5 Å². The molecule has 1 radical (unpaired) electrons. The molecule has 4 heteroatoms. The Morgan fingerprint density at radius 2 is 1.54 bits per heavy atom. The number of aromatic nitrogens is 1. The van der Waals surface area contributed by atoms with Gasteiger partial charge in [0.2, 0.25) is 0 Å². The summed E-state index contributed by atoms with van der Waals surface area (Å²) in [6.45, 7) is 13.5. The largest absolute Gasteiger partial charge is 0.511 e. The molecule has 3 aromatic carbocycles. The van der Waals surface area contributed by atoms with Crippen LogP contribution >= 0.6 is 0 Å². The molecule has 0 aliphatic rings. The number of benzene rings is 3. The normalized spacial score (nSPS) is 12.0. The summed E-state index contributed by atoms with van der Waals surface area (Å²) < 4.78 is 0. The molecule has 0 atom stereocenters. The van der Waals surface area contributed by atoms with E-state index in [0.717, 1.165) is 11.3 Å². The molecule has 1 heterocycles. The van der Waals surface area contributed by atoms with Crippen molar-refractivity contribution in [3.8, 4) is 11.3 Å². The summed E-state index contributed by atoms with van der Waals surface area (Å²) in [5.41, 5.74) is 2.64. The fourth-order valence-corrected chi connectivity index (χ4v) is 3.36. The minimum Gasteiger partial charge on any atom is -0.511 e. The Kier molecular flexibility index (Phi) is 9.17. The van der Waals surface area contributed by atoms with Crippen LogP contribution in [-0.4, -0.2) is 20.7 Å². The molecule has 2 N–H and O–H groups in total. The fraction of sp³-hybridized carbons (Fsp3) is 0.290. The number of aliphatic hydroxyl groups is 1. The maximum atomic E-state index is 9.60. The molecule has 1 aromatic heterocycles. The molecular weight excluding hydrogens is 611 g/mol. The van der Waals surface area contributed by atoms with Crippen LogP contribution in [0.15, 0.2) is 78.7 Å². The fourth-order valence-electron chi connectivity index (χ4n) is 3.36. The van der Waals surface area contributed by atoms with Crippen LogP contribution in [0.1, 0.15) is 47.1 Å². The summed E-state index contributed by atoms with van der Waals surface area (Å²) in [7, 11) is 0. The van der Waals surface area contributed by atoms with Crippen molar-refractivity contribution >= 4 is 27.3 Å². The van der Waals surface area contributed by atoms with Gasteiger partial charge >= 0.3 is 5.78 Å². The van der Waals surface area contributed by atoms with E-state index >= 15 is 0 Å². The van der Waals surface area contributed by atoms with Gasteiger partial charge in [-0.15, -0.1) is 35.4 Å². The van der Waals surface area contributed by atoms with Gasteiger partial charge in [-0.25, -0.2) is 0 Å². The van der Waals surface area contributed by atoms with Gasteiger partial charge in [0, 0.05) is 31.7 Å². The molecule has 0 saturated carbocycles. The summed E-state index contributed by atoms with van der Waals surface area (Å²) in [5, 5.41) is 14.5. The van der Waals surface area contributed by atoms with E-state index in [0.29, 0.717) is 0 Å². The van der Waals surface area contributed by atoms with Crippen LogP contribution in [0.4, 0.5) is 0 Å². The van der Waals surface area contributed by atoms with Gasteiger partial charge in [-0.3, -0.25) is 4.79 Å². The summed E-state index contributed by atoms with van der Waals surface area (Å²) in [6.07, 6.45) is 3.33.